The van der Waals surface area contributed by atoms with Gasteiger partial charge in [-0.05, 0) is 18.2 Å². The highest BCUT2D eigenvalue weighted by atomic mass is 79.9. The van der Waals surface area contributed by atoms with Crippen LogP contribution in [0.1, 0.15) is 11.1 Å². The second kappa shape index (κ2) is 5.02. The van der Waals surface area contributed by atoms with E-state index in [9.17, 15) is 0 Å². The van der Waals surface area contributed by atoms with Crippen LogP contribution in [0, 0.1) is 11.3 Å². The molecular weight excluding hydrogens is 280 g/mol. The first kappa shape index (κ1) is 11.7. The zero-order chi connectivity index (χ0) is 12.3. The van der Waals surface area contributed by atoms with E-state index in [1.165, 1.54) is 0 Å². The standard InChI is InChI=1S/C12H11BrN4/c1-17-8-9(7-16-17)6-15-12-4-11(13)3-2-10(12)5-14/h2-4,7-8,15H,6H2,1H3. The molecule has 0 unspecified atom stereocenters. The zero-order valence-corrected chi connectivity index (χ0v) is 10.9. The van der Waals surface area contributed by atoms with Crippen LogP contribution in [0.5, 0.6) is 0 Å². The van der Waals surface area contributed by atoms with Crippen molar-refractivity contribution >= 4 is 21.6 Å². The summed E-state index contributed by atoms with van der Waals surface area (Å²) in [7, 11) is 1.88. The predicted molar refractivity (Wildman–Crippen MR) is 69.4 cm³/mol. The van der Waals surface area contributed by atoms with Crippen molar-refractivity contribution in [1.82, 2.24) is 9.78 Å². The Bertz CT molecular complexity index is 568. The number of rotatable bonds is 3. The Morgan fingerprint density at radius 2 is 2.35 bits per heavy atom. The van der Waals surface area contributed by atoms with Gasteiger partial charge in [0, 0.05) is 29.8 Å². The van der Waals surface area contributed by atoms with Crippen LogP contribution in [0.15, 0.2) is 35.1 Å². The van der Waals surface area contributed by atoms with Gasteiger partial charge in [0.1, 0.15) is 6.07 Å². The van der Waals surface area contributed by atoms with Crippen LogP contribution < -0.4 is 5.32 Å². The highest BCUT2D eigenvalue weighted by molar-refractivity contribution is 9.10. The average molecular weight is 291 g/mol. The Balaban J connectivity index is 2.13. The Hall–Kier alpha value is -1.80. The normalized spacial score (nSPS) is 9.94. The number of nitriles is 1. The number of hydrogen-bond acceptors (Lipinski definition) is 3. The van der Waals surface area contributed by atoms with E-state index in [1.807, 2.05) is 25.4 Å². The Labute approximate surface area is 108 Å². The van der Waals surface area contributed by atoms with Crippen molar-refractivity contribution < 1.29 is 0 Å². The number of nitrogens with one attached hydrogen (secondary N) is 1. The van der Waals surface area contributed by atoms with Gasteiger partial charge in [-0.25, -0.2) is 0 Å². The molecule has 1 N–H and O–H groups in total. The number of aromatic nitrogens is 2. The molecule has 0 saturated heterocycles. The number of anilines is 1. The van der Waals surface area contributed by atoms with Crippen LogP contribution in [0.4, 0.5) is 5.69 Å². The van der Waals surface area contributed by atoms with E-state index >= 15 is 0 Å². The van der Waals surface area contributed by atoms with Gasteiger partial charge in [0.25, 0.3) is 0 Å². The maximum absolute atomic E-state index is 8.99. The fraction of sp³-hybridized carbons (Fsp3) is 0.167. The van der Waals surface area contributed by atoms with Crippen LogP contribution in [-0.4, -0.2) is 9.78 Å². The number of benzene rings is 1. The molecule has 2 rings (SSSR count). The van der Waals surface area contributed by atoms with E-state index in [4.69, 9.17) is 5.26 Å². The van der Waals surface area contributed by atoms with Crippen molar-refractivity contribution in [3.05, 3.63) is 46.2 Å². The second-order valence-corrected chi connectivity index (χ2v) is 4.59. The van der Waals surface area contributed by atoms with Gasteiger partial charge in [-0.3, -0.25) is 4.68 Å². The molecule has 1 heterocycles. The summed E-state index contributed by atoms with van der Waals surface area (Å²) in [6.45, 7) is 0.652. The number of nitrogens with zero attached hydrogens (tertiary/aromatic N) is 3. The minimum atomic E-state index is 0.636. The molecule has 4 nitrogen and oxygen atoms in total. The predicted octanol–water partition coefficient (Wildman–Crippen LogP) is 2.67. The lowest BCUT2D eigenvalue weighted by molar-refractivity contribution is 0.767. The first-order valence-electron chi connectivity index (χ1n) is 5.10. The Morgan fingerprint density at radius 1 is 1.53 bits per heavy atom. The van der Waals surface area contributed by atoms with Gasteiger partial charge in [-0.1, -0.05) is 15.9 Å². The summed E-state index contributed by atoms with van der Waals surface area (Å²) < 4.78 is 2.70. The monoisotopic (exact) mass is 290 g/mol. The molecule has 0 aliphatic heterocycles. The molecule has 1 aromatic carbocycles. The van der Waals surface area contributed by atoms with Crippen LogP contribution in [0.3, 0.4) is 0 Å². The molecule has 0 atom stereocenters. The van der Waals surface area contributed by atoms with Crippen molar-refractivity contribution in [1.29, 1.82) is 5.26 Å². The first-order chi connectivity index (χ1) is 8.19. The van der Waals surface area contributed by atoms with Gasteiger partial charge >= 0.3 is 0 Å². The second-order valence-electron chi connectivity index (χ2n) is 3.68. The number of hydrogen-bond donors (Lipinski definition) is 1. The number of aryl methyl sites for hydroxylation is 1. The van der Waals surface area contributed by atoms with Gasteiger partial charge in [-0.15, -0.1) is 0 Å². The van der Waals surface area contributed by atoms with Gasteiger partial charge in [0.15, 0.2) is 0 Å². The molecule has 0 saturated carbocycles. The molecule has 0 fully saturated rings. The number of halogens is 1. The third-order valence-corrected chi connectivity index (χ3v) is 2.84. The minimum absolute atomic E-state index is 0.636. The molecule has 0 aliphatic rings. The summed E-state index contributed by atoms with van der Waals surface area (Å²) in [4.78, 5) is 0. The summed E-state index contributed by atoms with van der Waals surface area (Å²) in [5.41, 5.74) is 2.54. The van der Waals surface area contributed by atoms with E-state index in [0.29, 0.717) is 12.1 Å². The molecule has 0 bridgehead atoms. The first-order valence-corrected chi connectivity index (χ1v) is 5.89. The van der Waals surface area contributed by atoms with Crippen molar-refractivity contribution in [3.63, 3.8) is 0 Å². The van der Waals surface area contributed by atoms with E-state index in [2.05, 4.69) is 32.4 Å². The zero-order valence-electron chi connectivity index (χ0n) is 9.31. The molecule has 86 valence electrons. The van der Waals surface area contributed by atoms with Gasteiger partial charge in [0.2, 0.25) is 0 Å². The third-order valence-electron chi connectivity index (χ3n) is 2.34. The van der Waals surface area contributed by atoms with Crippen molar-refractivity contribution in [2.24, 2.45) is 7.05 Å². The smallest absolute Gasteiger partial charge is 0.101 e. The highest BCUT2D eigenvalue weighted by Crippen LogP contribution is 2.21. The van der Waals surface area contributed by atoms with E-state index in [1.54, 1.807) is 16.9 Å². The van der Waals surface area contributed by atoms with Crippen LogP contribution in [-0.2, 0) is 13.6 Å². The summed E-state index contributed by atoms with van der Waals surface area (Å²) in [6, 6.07) is 7.70. The maximum atomic E-state index is 8.99. The fourth-order valence-corrected chi connectivity index (χ4v) is 1.88. The molecule has 0 amide bonds. The largest absolute Gasteiger partial charge is 0.380 e. The summed E-state index contributed by atoms with van der Waals surface area (Å²) in [6.07, 6.45) is 3.74. The van der Waals surface area contributed by atoms with Crippen LogP contribution >= 0.6 is 15.9 Å². The lowest BCUT2D eigenvalue weighted by Gasteiger charge is -2.07. The molecule has 0 aliphatic carbocycles. The topological polar surface area (TPSA) is 53.6 Å². The fourth-order valence-electron chi connectivity index (χ4n) is 1.52. The molecule has 0 spiro atoms. The molecule has 1 aromatic heterocycles. The van der Waals surface area contributed by atoms with E-state index < -0.39 is 0 Å². The Morgan fingerprint density at radius 3 is 3.00 bits per heavy atom. The molecule has 2 aromatic rings. The quantitative estimate of drug-likeness (QED) is 0.946. The van der Waals surface area contributed by atoms with Crippen LogP contribution in [0.2, 0.25) is 0 Å². The molecule has 5 heteroatoms. The molecule has 17 heavy (non-hydrogen) atoms. The maximum Gasteiger partial charge on any atom is 0.101 e. The van der Waals surface area contributed by atoms with Crippen LogP contribution in [0.25, 0.3) is 0 Å². The average Bonchev–Trinajstić information content (AvgIpc) is 2.73. The SMILES string of the molecule is Cn1cc(CNc2cc(Br)ccc2C#N)cn1. The van der Waals surface area contributed by atoms with Crippen molar-refractivity contribution in [2.75, 3.05) is 5.32 Å². The van der Waals surface area contributed by atoms with Gasteiger partial charge in [0.05, 0.1) is 17.4 Å². The van der Waals surface area contributed by atoms with E-state index in [0.717, 1.165) is 15.7 Å². The summed E-state index contributed by atoms with van der Waals surface area (Å²) in [5.74, 6) is 0. The lowest BCUT2D eigenvalue weighted by Crippen LogP contribution is -2.00. The molecular formula is C12H11BrN4. The lowest BCUT2D eigenvalue weighted by atomic mass is 10.2. The van der Waals surface area contributed by atoms with Crippen molar-refractivity contribution in [3.8, 4) is 6.07 Å². The minimum Gasteiger partial charge on any atom is -0.380 e. The summed E-state index contributed by atoms with van der Waals surface area (Å²) in [5, 5.41) is 16.3. The third kappa shape index (κ3) is 2.86. The highest BCUT2D eigenvalue weighted by Gasteiger charge is 2.03. The van der Waals surface area contributed by atoms with Gasteiger partial charge < -0.3 is 5.32 Å². The molecule has 0 radical (unpaired) electrons. The van der Waals surface area contributed by atoms with Gasteiger partial charge in [-0.2, -0.15) is 10.4 Å². The van der Waals surface area contributed by atoms with Crippen molar-refractivity contribution in [2.45, 2.75) is 6.54 Å². The van der Waals surface area contributed by atoms with E-state index in [-0.39, 0.29) is 0 Å². The summed E-state index contributed by atoms with van der Waals surface area (Å²) >= 11 is 3.39. The Kier molecular flexibility index (Phi) is 3.45.